The maximum absolute atomic E-state index is 11.9. The quantitative estimate of drug-likeness (QED) is 0.743. The van der Waals surface area contributed by atoms with E-state index in [-0.39, 0.29) is 5.97 Å². The summed E-state index contributed by atoms with van der Waals surface area (Å²) in [6.07, 6.45) is 15.2. The lowest BCUT2D eigenvalue weighted by molar-refractivity contribution is 0.0526. The van der Waals surface area contributed by atoms with Crippen molar-refractivity contribution in [3.05, 3.63) is 65.3 Å². The van der Waals surface area contributed by atoms with E-state index in [2.05, 4.69) is 41.3 Å². The molecule has 2 aliphatic carbocycles. The predicted octanol–water partition coefficient (Wildman–Crippen LogP) is 4.81. The second-order valence-electron chi connectivity index (χ2n) is 7.00. The SMILES string of the molecule is CCOC(=O)c1ccc(N2C3CC=CC=C3C=C3CCCCC32)cc1. The van der Waals surface area contributed by atoms with E-state index in [9.17, 15) is 4.79 Å². The summed E-state index contributed by atoms with van der Waals surface area (Å²) >= 11 is 0. The number of carbonyl (C=O) groups excluding carboxylic acids is 1. The monoisotopic (exact) mass is 335 g/mol. The Morgan fingerprint density at radius 1 is 1.20 bits per heavy atom. The molecule has 130 valence electrons. The molecule has 0 spiro atoms. The van der Waals surface area contributed by atoms with Crippen LogP contribution < -0.4 is 4.90 Å². The largest absolute Gasteiger partial charge is 0.462 e. The van der Waals surface area contributed by atoms with Crippen LogP contribution in [0.1, 0.15) is 49.4 Å². The summed E-state index contributed by atoms with van der Waals surface area (Å²) in [6, 6.07) is 8.87. The molecule has 0 bridgehead atoms. The van der Waals surface area contributed by atoms with Gasteiger partial charge in [0.25, 0.3) is 0 Å². The molecule has 3 heteroatoms. The molecule has 25 heavy (non-hydrogen) atoms. The number of ether oxygens (including phenoxy) is 1. The average Bonchev–Trinajstić information content (AvgIpc) is 2.66. The van der Waals surface area contributed by atoms with E-state index in [0.29, 0.717) is 24.3 Å². The Kier molecular flexibility index (Phi) is 4.48. The molecular formula is C22H25NO2. The summed E-state index contributed by atoms with van der Waals surface area (Å²) < 4.78 is 5.11. The maximum atomic E-state index is 11.9. The van der Waals surface area contributed by atoms with Gasteiger partial charge in [0.1, 0.15) is 0 Å². The molecular weight excluding hydrogens is 310 g/mol. The Bertz CT molecular complexity index is 742. The number of benzene rings is 1. The molecule has 1 aromatic rings. The van der Waals surface area contributed by atoms with Gasteiger partial charge in [-0.15, -0.1) is 0 Å². The standard InChI is InChI=1S/C22H25NO2/c1-2-25-22(24)16-11-13-19(14-12-16)23-20-9-5-3-7-17(20)15-18-8-4-6-10-21(18)23/h3,5,7,11-15,20-21H,2,4,6,8-10H2,1H3. The second kappa shape index (κ2) is 6.91. The molecule has 0 aromatic heterocycles. The number of allylic oxidation sites excluding steroid dienone is 2. The van der Waals surface area contributed by atoms with Crippen LogP contribution in [0.2, 0.25) is 0 Å². The van der Waals surface area contributed by atoms with Crippen molar-refractivity contribution in [3.8, 4) is 0 Å². The Morgan fingerprint density at radius 3 is 2.84 bits per heavy atom. The lowest BCUT2D eigenvalue weighted by Gasteiger charge is -2.47. The molecule has 2 unspecified atom stereocenters. The number of hydrogen-bond acceptors (Lipinski definition) is 3. The molecule has 1 heterocycles. The highest BCUT2D eigenvalue weighted by Gasteiger charge is 2.36. The van der Waals surface area contributed by atoms with Crippen LogP contribution in [0.4, 0.5) is 5.69 Å². The molecule has 1 aromatic carbocycles. The Hall–Kier alpha value is -2.29. The van der Waals surface area contributed by atoms with Crippen LogP contribution in [0.25, 0.3) is 0 Å². The van der Waals surface area contributed by atoms with Gasteiger partial charge in [-0.2, -0.15) is 0 Å². The summed E-state index contributed by atoms with van der Waals surface area (Å²) in [6.45, 7) is 2.24. The van der Waals surface area contributed by atoms with Crippen LogP contribution in [-0.2, 0) is 4.74 Å². The van der Waals surface area contributed by atoms with Crippen LogP contribution in [0.15, 0.2) is 59.7 Å². The summed E-state index contributed by atoms with van der Waals surface area (Å²) in [5.74, 6) is -0.243. The maximum Gasteiger partial charge on any atom is 0.338 e. The third kappa shape index (κ3) is 3.04. The highest BCUT2D eigenvalue weighted by atomic mass is 16.5. The van der Waals surface area contributed by atoms with Gasteiger partial charge >= 0.3 is 5.97 Å². The van der Waals surface area contributed by atoms with Gasteiger partial charge in [-0.1, -0.05) is 30.7 Å². The van der Waals surface area contributed by atoms with Crippen molar-refractivity contribution in [2.75, 3.05) is 11.5 Å². The van der Waals surface area contributed by atoms with Crippen LogP contribution in [-0.4, -0.2) is 24.7 Å². The molecule has 0 amide bonds. The minimum absolute atomic E-state index is 0.243. The van der Waals surface area contributed by atoms with Crippen molar-refractivity contribution in [2.24, 2.45) is 0 Å². The molecule has 1 saturated carbocycles. The molecule has 4 rings (SSSR count). The molecule has 1 aliphatic heterocycles. The van der Waals surface area contributed by atoms with E-state index in [1.807, 2.05) is 19.1 Å². The summed E-state index contributed by atoms with van der Waals surface area (Å²) in [5.41, 5.74) is 4.82. The van der Waals surface area contributed by atoms with E-state index in [1.165, 1.54) is 36.9 Å². The van der Waals surface area contributed by atoms with Gasteiger partial charge in [0, 0.05) is 5.69 Å². The van der Waals surface area contributed by atoms with Crippen LogP contribution in [0.3, 0.4) is 0 Å². The number of hydrogen-bond donors (Lipinski definition) is 0. The van der Waals surface area contributed by atoms with Crippen molar-refractivity contribution in [2.45, 2.75) is 51.1 Å². The minimum atomic E-state index is -0.243. The van der Waals surface area contributed by atoms with Gasteiger partial charge in [0.15, 0.2) is 0 Å². The zero-order valence-electron chi connectivity index (χ0n) is 14.8. The van der Waals surface area contributed by atoms with Gasteiger partial charge in [-0.25, -0.2) is 4.79 Å². The van der Waals surface area contributed by atoms with E-state index in [1.54, 1.807) is 5.57 Å². The normalized spacial score (nSPS) is 24.8. The topological polar surface area (TPSA) is 29.5 Å². The van der Waals surface area contributed by atoms with Crippen molar-refractivity contribution in [1.29, 1.82) is 0 Å². The van der Waals surface area contributed by atoms with E-state index in [4.69, 9.17) is 4.74 Å². The average molecular weight is 335 g/mol. The Labute approximate surface area is 149 Å². The minimum Gasteiger partial charge on any atom is -0.462 e. The summed E-state index contributed by atoms with van der Waals surface area (Å²) in [5, 5.41) is 0. The molecule has 3 aliphatic rings. The zero-order chi connectivity index (χ0) is 17.2. The molecule has 3 nitrogen and oxygen atoms in total. The highest BCUT2D eigenvalue weighted by Crippen LogP contribution is 2.40. The third-order valence-corrected chi connectivity index (χ3v) is 5.49. The van der Waals surface area contributed by atoms with E-state index >= 15 is 0 Å². The van der Waals surface area contributed by atoms with Gasteiger partial charge in [0.2, 0.25) is 0 Å². The smallest absolute Gasteiger partial charge is 0.338 e. The van der Waals surface area contributed by atoms with Crippen molar-refractivity contribution in [1.82, 2.24) is 0 Å². The van der Waals surface area contributed by atoms with Crippen LogP contribution >= 0.6 is 0 Å². The second-order valence-corrected chi connectivity index (χ2v) is 7.00. The van der Waals surface area contributed by atoms with Gasteiger partial charge in [-0.05, 0) is 68.0 Å². The predicted molar refractivity (Wildman–Crippen MR) is 101 cm³/mol. The van der Waals surface area contributed by atoms with Gasteiger partial charge in [0.05, 0.1) is 24.3 Å². The van der Waals surface area contributed by atoms with E-state index < -0.39 is 0 Å². The number of fused-ring (bicyclic) bond motifs is 2. The molecule has 0 N–H and O–H groups in total. The fourth-order valence-electron chi connectivity index (χ4n) is 4.33. The van der Waals surface area contributed by atoms with Crippen LogP contribution in [0, 0.1) is 0 Å². The molecule has 1 fully saturated rings. The number of anilines is 1. The first-order valence-corrected chi connectivity index (χ1v) is 9.40. The zero-order valence-corrected chi connectivity index (χ0v) is 14.8. The van der Waals surface area contributed by atoms with Gasteiger partial charge < -0.3 is 9.64 Å². The molecule has 0 radical (unpaired) electrons. The molecule has 0 saturated heterocycles. The summed E-state index contributed by atoms with van der Waals surface area (Å²) in [7, 11) is 0. The van der Waals surface area contributed by atoms with Crippen molar-refractivity contribution >= 4 is 11.7 Å². The Balaban J connectivity index is 1.67. The first-order valence-electron chi connectivity index (χ1n) is 9.40. The first-order chi connectivity index (χ1) is 12.3. The van der Waals surface area contributed by atoms with E-state index in [0.717, 1.165) is 6.42 Å². The lowest BCUT2D eigenvalue weighted by atomic mass is 9.80. The fraction of sp³-hybridized carbons (Fsp3) is 0.409. The number of rotatable bonds is 3. The summed E-state index contributed by atoms with van der Waals surface area (Å²) in [4.78, 5) is 14.5. The molecule has 2 atom stereocenters. The number of esters is 1. The van der Waals surface area contributed by atoms with Crippen molar-refractivity contribution < 1.29 is 9.53 Å². The van der Waals surface area contributed by atoms with Gasteiger partial charge in [-0.3, -0.25) is 0 Å². The highest BCUT2D eigenvalue weighted by molar-refractivity contribution is 5.89. The fourth-order valence-corrected chi connectivity index (χ4v) is 4.33. The third-order valence-electron chi connectivity index (χ3n) is 5.49. The Morgan fingerprint density at radius 2 is 2.04 bits per heavy atom. The first kappa shape index (κ1) is 16.2. The lowest BCUT2D eigenvalue weighted by Crippen LogP contribution is -2.49. The van der Waals surface area contributed by atoms with Crippen molar-refractivity contribution in [3.63, 3.8) is 0 Å². The van der Waals surface area contributed by atoms with Crippen LogP contribution in [0.5, 0.6) is 0 Å². The number of nitrogens with zero attached hydrogens (tertiary/aromatic N) is 1. The number of carbonyl (C=O) groups is 1.